The van der Waals surface area contributed by atoms with Gasteiger partial charge in [0, 0.05) is 21.9 Å². The van der Waals surface area contributed by atoms with Crippen LogP contribution in [0.1, 0.15) is 59.2 Å². The Kier molecular flexibility index (Phi) is 6.09. The van der Waals surface area contributed by atoms with E-state index < -0.39 is 0 Å². The van der Waals surface area contributed by atoms with Crippen molar-refractivity contribution in [1.82, 2.24) is 5.32 Å². The predicted molar refractivity (Wildman–Crippen MR) is 115 cm³/mol. The van der Waals surface area contributed by atoms with Gasteiger partial charge < -0.3 is 15.4 Å². The highest BCUT2D eigenvalue weighted by atomic mass is 32.2. The Bertz CT molecular complexity index is 922. The van der Waals surface area contributed by atoms with Crippen molar-refractivity contribution >= 4 is 29.3 Å². The maximum atomic E-state index is 12.6. The maximum absolute atomic E-state index is 12.6. The minimum atomic E-state index is -0.177. The SMILES string of the molecule is COc1ccc2c(c1)Sc1ccc(C(=O)NCCC3CCCCC3)cc1NC2=O. The van der Waals surface area contributed by atoms with Crippen LogP contribution in [0.4, 0.5) is 5.69 Å². The molecule has 29 heavy (non-hydrogen) atoms. The first-order chi connectivity index (χ1) is 14.1. The van der Waals surface area contributed by atoms with E-state index in [4.69, 9.17) is 4.74 Å². The van der Waals surface area contributed by atoms with Gasteiger partial charge in [-0.1, -0.05) is 43.9 Å². The highest BCUT2D eigenvalue weighted by Crippen LogP contribution is 2.40. The van der Waals surface area contributed by atoms with E-state index in [-0.39, 0.29) is 11.8 Å². The second kappa shape index (κ2) is 8.91. The molecule has 5 nitrogen and oxygen atoms in total. The van der Waals surface area contributed by atoms with E-state index in [0.29, 0.717) is 29.1 Å². The predicted octanol–water partition coefficient (Wildman–Crippen LogP) is 5.11. The number of anilines is 1. The lowest BCUT2D eigenvalue weighted by atomic mass is 9.87. The lowest BCUT2D eigenvalue weighted by Gasteiger charge is -2.21. The Morgan fingerprint density at radius 1 is 1.14 bits per heavy atom. The molecule has 0 unspecified atom stereocenters. The molecule has 1 heterocycles. The van der Waals surface area contributed by atoms with Crippen LogP contribution in [-0.4, -0.2) is 25.5 Å². The first-order valence-corrected chi connectivity index (χ1v) is 11.0. The van der Waals surface area contributed by atoms with Gasteiger partial charge in [-0.05, 0) is 48.7 Å². The van der Waals surface area contributed by atoms with Crippen LogP contribution in [0.3, 0.4) is 0 Å². The van der Waals surface area contributed by atoms with Crippen molar-refractivity contribution in [1.29, 1.82) is 0 Å². The molecule has 1 saturated carbocycles. The smallest absolute Gasteiger partial charge is 0.256 e. The Morgan fingerprint density at radius 3 is 2.76 bits per heavy atom. The zero-order valence-electron chi connectivity index (χ0n) is 16.6. The van der Waals surface area contributed by atoms with Crippen LogP contribution in [-0.2, 0) is 0 Å². The highest BCUT2D eigenvalue weighted by Gasteiger charge is 2.22. The van der Waals surface area contributed by atoms with Gasteiger partial charge in [0.25, 0.3) is 11.8 Å². The van der Waals surface area contributed by atoms with Crippen molar-refractivity contribution in [2.75, 3.05) is 19.0 Å². The lowest BCUT2D eigenvalue weighted by molar-refractivity contribution is 0.0948. The molecular weight excluding hydrogens is 384 g/mol. The van der Waals surface area contributed by atoms with E-state index in [9.17, 15) is 9.59 Å². The molecule has 0 aromatic heterocycles. The molecule has 2 amide bonds. The normalized spacial score (nSPS) is 16.2. The number of nitrogens with one attached hydrogen (secondary N) is 2. The first-order valence-electron chi connectivity index (χ1n) is 10.2. The molecule has 2 N–H and O–H groups in total. The Balaban J connectivity index is 1.45. The summed E-state index contributed by atoms with van der Waals surface area (Å²) in [6.45, 7) is 0.701. The van der Waals surface area contributed by atoms with Gasteiger partial charge in [0.2, 0.25) is 0 Å². The third-order valence-corrected chi connectivity index (χ3v) is 6.84. The lowest BCUT2D eigenvalue weighted by Crippen LogP contribution is -2.26. The average Bonchev–Trinajstić information content (AvgIpc) is 2.88. The van der Waals surface area contributed by atoms with Crippen LogP contribution in [0.5, 0.6) is 5.75 Å². The molecule has 6 heteroatoms. The number of carbonyl (C=O) groups excluding carboxylic acids is 2. The number of amides is 2. The summed E-state index contributed by atoms with van der Waals surface area (Å²) in [5.74, 6) is 1.18. The van der Waals surface area contributed by atoms with Crippen molar-refractivity contribution in [3.8, 4) is 5.75 Å². The monoisotopic (exact) mass is 410 g/mol. The van der Waals surface area contributed by atoms with Crippen molar-refractivity contribution in [2.24, 2.45) is 5.92 Å². The molecule has 2 aromatic rings. The van der Waals surface area contributed by atoms with E-state index in [1.165, 1.54) is 43.9 Å². The number of fused-ring (bicyclic) bond motifs is 2. The number of carbonyl (C=O) groups is 2. The summed E-state index contributed by atoms with van der Waals surface area (Å²) < 4.78 is 5.28. The molecule has 2 aromatic carbocycles. The van der Waals surface area contributed by atoms with Crippen LogP contribution in [0.15, 0.2) is 46.2 Å². The molecule has 152 valence electrons. The average molecular weight is 411 g/mol. The van der Waals surface area contributed by atoms with Gasteiger partial charge >= 0.3 is 0 Å². The molecule has 4 rings (SSSR count). The van der Waals surface area contributed by atoms with Gasteiger partial charge in [0.1, 0.15) is 5.75 Å². The number of benzene rings is 2. The number of ether oxygens (including phenoxy) is 1. The summed E-state index contributed by atoms with van der Waals surface area (Å²) in [7, 11) is 1.61. The molecule has 1 fully saturated rings. The Hall–Kier alpha value is -2.47. The third kappa shape index (κ3) is 4.58. The van der Waals surface area contributed by atoms with Crippen molar-refractivity contribution in [3.05, 3.63) is 47.5 Å². The molecule has 0 radical (unpaired) electrons. The summed E-state index contributed by atoms with van der Waals surface area (Å²) in [5.41, 5.74) is 1.83. The van der Waals surface area contributed by atoms with E-state index >= 15 is 0 Å². The van der Waals surface area contributed by atoms with Gasteiger partial charge in [-0.25, -0.2) is 0 Å². The van der Waals surface area contributed by atoms with Gasteiger partial charge in [0.15, 0.2) is 0 Å². The standard InChI is InChI=1S/C23H26N2O3S/c1-28-17-8-9-18-21(14-17)29-20-10-7-16(13-19(20)25-23(18)27)22(26)24-12-11-15-5-3-2-4-6-15/h7-10,13-15H,2-6,11-12H2,1H3,(H,24,26)(H,25,27). The van der Waals surface area contributed by atoms with Crippen LogP contribution in [0.2, 0.25) is 0 Å². The summed E-state index contributed by atoms with van der Waals surface area (Å²) in [5, 5.41) is 5.98. The number of rotatable bonds is 5. The largest absolute Gasteiger partial charge is 0.497 e. The molecular formula is C23H26N2O3S. The minimum Gasteiger partial charge on any atom is -0.497 e. The zero-order chi connectivity index (χ0) is 20.2. The topological polar surface area (TPSA) is 67.4 Å². The summed E-state index contributed by atoms with van der Waals surface area (Å²) in [6, 6.07) is 10.9. The summed E-state index contributed by atoms with van der Waals surface area (Å²) >= 11 is 1.50. The van der Waals surface area contributed by atoms with E-state index in [1.54, 1.807) is 25.3 Å². The maximum Gasteiger partial charge on any atom is 0.256 e. The molecule has 1 aliphatic heterocycles. The van der Waals surface area contributed by atoms with E-state index in [0.717, 1.165) is 22.1 Å². The van der Waals surface area contributed by atoms with Crippen LogP contribution >= 0.6 is 11.8 Å². The third-order valence-electron chi connectivity index (χ3n) is 5.71. The van der Waals surface area contributed by atoms with Gasteiger partial charge in [0.05, 0.1) is 18.4 Å². The zero-order valence-corrected chi connectivity index (χ0v) is 17.4. The number of hydrogen-bond donors (Lipinski definition) is 2. The van der Waals surface area contributed by atoms with Crippen LogP contribution < -0.4 is 15.4 Å². The fourth-order valence-corrected chi connectivity index (χ4v) is 5.07. The van der Waals surface area contributed by atoms with Gasteiger partial charge in [-0.15, -0.1) is 0 Å². The Labute approximate surface area is 175 Å². The molecule has 2 aliphatic rings. The van der Waals surface area contributed by atoms with Crippen LogP contribution in [0.25, 0.3) is 0 Å². The van der Waals surface area contributed by atoms with Crippen LogP contribution in [0, 0.1) is 5.92 Å². The molecule has 0 saturated heterocycles. The summed E-state index contributed by atoms with van der Waals surface area (Å²) in [6.07, 6.45) is 7.58. The Morgan fingerprint density at radius 2 is 1.97 bits per heavy atom. The molecule has 1 aliphatic carbocycles. The molecule has 0 spiro atoms. The van der Waals surface area contributed by atoms with Crippen molar-refractivity contribution in [3.63, 3.8) is 0 Å². The second-order valence-corrected chi connectivity index (χ2v) is 8.76. The molecule has 0 bridgehead atoms. The fourth-order valence-electron chi connectivity index (χ4n) is 4.04. The van der Waals surface area contributed by atoms with Gasteiger partial charge in [-0.3, -0.25) is 9.59 Å². The second-order valence-electron chi connectivity index (χ2n) is 7.68. The quantitative estimate of drug-likeness (QED) is 0.719. The number of hydrogen-bond acceptors (Lipinski definition) is 4. The van der Waals surface area contributed by atoms with E-state index in [1.807, 2.05) is 18.2 Å². The first kappa shape index (κ1) is 19.8. The summed E-state index contributed by atoms with van der Waals surface area (Å²) in [4.78, 5) is 27.0. The van der Waals surface area contributed by atoms with Crippen molar-refractivity contribution < 1.29 is 14.3 Å². The fraction of sp³-hybridized carbons (Fsp3) is 0.391. The highest BCUT2D eigenvalue weighted by molar-refractivity contribution is 7.99. The number of methoxy groups -OCH3 is 1. The minimum absolute atomic E-state index is 0.0914. The van der Waals surface area contributed by atoms with Gasteiger partial charge in [-0.2, -0.15) is 0 Å². The van der Waals surface area contributed by atoms with E-state index in [2.05, 4.69) is 10.6 Å². The van der Waals surface area contributed by atoms with Crippen molar-refractivity contribution in [2.45, 2.75) is 48.3 Å². The molecule has 0 atom stereocenters.